The van der Waals surface area contributed by atoms with Crippen LogP contribution < -0.4 is 14.8 Å². The molecule has 4 rings (SSSR count). The van der Waals surface area contributed by atoms with Crippen LogP contribution in [0.15, 0.2) is 114 Å². The van der Waals surface area contributed by atoms with Crippen molar-refractivity contribution in [2.24, 2.45) is 0 Å². The number of carbonyl (C=O) groups is 1. The van der Waals surface area contributed by atoms with Crippen LogP contribution >= 0.6 is 11.6 Å². The predicted molar refractivity (Wildman–Crippen MR) is 150 cm³/mol. The molecule has 1 atom stereocenters. The molecule has 4 aromatic carbocycles. The maximum Gasteiger partial charge on any atom is 0.241 e. The maximum atomic E-state index is 13.7. The third-order valence-corrected chi connectivity index (χ3v) is 7.73. The molecule has 6 nitrogen and oxygen atoms in total. The summed E-state index contributed by atoms with van der Waals surface area (Å²) in [6.45, 7) is 2.21. The summed E-state index contributed by atoms with van der Waals surface area (Å²) in [5, 5.41) is 3.24. The van der Waals surface area contributed by atoms with Gasteiger partial charge in [-0.15, -0.1) is 0 Å². The number of rotatable bonds is 11. The van der Waals surface area contributed by atoms with Gasteiger partial charge in [0, 0.05) is 0 Å². The Hall–Kier alpha value is -3.65. The van der Waals surface area contributed by atoms with Gasteiger partial charge in [-0.3, -0.25) is 4.79 Å². The largest absolute Gasteiger partial charge is 0.492 e. The average molecular weight is 549 g/mol. The molecule has 0 fully saturated rings. The van der Waals surface area contributed by atoms with Crippen LogP contribution in [0, 0.1) is 0 Å². The molecule has 0 aliphatic carbocycles. The van der Waals surface area contributed by atoms with Gasteiger partial charge in [0.05, 0.1) is 22.6 Å². The van der Waals surface area contributed by atoms with Crippen molar-refractivity contribution in [3.63, 3.8) is 0 Å². The lowest BCUT2D eigenvalue weighted by molar-refractivity contribution is -0.123. The van der Waals surface area contributed by atoms with Gasteiger partial charge in [-0.1, -0.05) is 103 Å². The van der Waals surface area contributed by atoms with Crippen molar-refractivity contribution in [2.45, 2.75) is 30.3 Å². The van der Waals surface area contributed by atoms with Gasteiger partial charge in [0.1, 0.15) is 11.8 Å². The fourth-order valence-corrected chi connectivity index (χ4v) is 5.63. The van der Waals surface area contributed by atoms with Crippen molar-refractivity contribution in [3.05, 3.63) is 131 Å². The van der Waals surface area contributed by atoms with E-state index in [0.29, 0.717) is 12.4 Å². The van der Waals surface area contributed by atoms with Gasteiger partial charge < -0.3 is 10.1 Å². The molecule has 0 bridgehead atoms. The predicted octanol–water partition coefficient (Wildman–Crippen LogP) is 5.53. The highest BCUT2D eigenvalue weighted by Gasteiger charge is 2.29. The number of hydrogen-bond donors (Lipinski definition) is 2. The van der Waals surface area contributed by atoms with Gasteiger partial charge in [0.15, 0.2) is 0 Å². The number of hydrogen-bond acceptors (Lipinski definition) is 4. The summed E-state index contributed by atoms with van der Waals surface area (Å²) in [6, 6.07) is 31.1. The lowest BCUT2D eigenvalue weighted by atomic mass is 9.97. The van der Waals surface area contributed by atoms with Gasteiger partial charge in [-0.25, -0.2) is 8.42 Å². The molecule has 38 heavy (non-hydrogen) atoms. The number of ether oxygens (including phenoxy) is 1. The fourth-order valence-electron chi connectivity index (χ4n) is 4.11. The zero-order chi connectivity index (χ0) is 27.0. The zero-order valence-corrected chi connectivity index (χ0v) is 22.5. The summed E-state index contributed by atoms with van der Waals surface area (Å²) < 4.78 is 34.8. The Balaban J connectivity index is 1.65. The van der Waals surface area contributed by atoms with E-state index in [1.807, 2.05) is 97.9 Å². The molecule has 196 valence electrons. The second-order valence-corrected chi connectivity index (χ2v) is 10.8. The molecule has 0 heterocycles. The molecule has 0 spiro atoms. The molecule has 0 aromatic heterocycles. The second kappa shape index (κ2) is 12.7. The van der Waals surface area contributed by atoms with Crippen LogP contribution in [0.25, 0.3) is 0 Å². The van der Waals surface area contributed by atoms with Gasteiger partial charge in [-0.05, 0) is 48.2 Å². The van der Waals surface area contributed by atoms with E-state index in [0.717, 1.165) is 16.7 Å². The zero-order valence-electron chi connectivity index (χ0n) is 20.9. The maximum absolute atomic E-state index is 13.7. The summed E-state index contributed by atoms with van der Waals surface area (Å²) >= 11 is 6.25. The van der Waals surface area contributed by atoms with Crippen LogP contribution in [0.3, 0.4) is 0 Å². The van der Waals surface area contributed by atoms with Crippen molar-refractivity contribution in [2.75, 3.05) is 6.61 Å². The van der Waals surface area contributed by atoms with Crippen LogP contribution in [0.2, 0.25) is 5.02 Å². The van der Waals surface area contributed by atoms with Crippen LogP contribution in [0.4, 0.5) is 0 Å². The molecule has 0 aliphatic heterocycles. The molecule has 4 aromatic rings. The quantitative estimate of drug-likeness (QED) is 0.258. The van der Waals surface area contributed by atoms with E-state index in [9.17, 15) is 13.2 Å². The summed E-state index contributed by atoms with van der Waals surface area (Å²) in [5.41, 5.74) is 2.58. The second-order valence-electron chi connectivity index (χ2n) is 8.65. The summed E-state index contributed by atoms with van der Waals surface area (Å²) in [4.78, 5) is 13.7. The number of benzene rings is 4. The fraction of sp³-hybridized carbons (Fsp3) is 0.167. The Bertz CT molecular complexity index is 1410. The average Bonchev–Trinajstić information content (AvgIpc) is 2.94. The smallest absolute Gasteiger partial charge is 0.241 e. The first-order valence-electron chi connectivity index (χ1n) is 12.3. The summed E-state index contributed by atoms with van der Waals surface area (Å²) in [7, 11) is -4.09. The first kappa shape index (κ1) is 27.4. The van der Waals surface area contributed by atoms with Crippen molar-refractivity contribution in [1.82, 2.24) is 10.0 Å². The lowest BCUT2D eigenvalue weighted by Crippen LogP contribution is -2.49. The van der Waals surface area contributed by atoms with Crippen LogP contribution in [0.1, 0.15) is 29.7 Å². The highest BCUT2D eigenvalue weighted by Crippen LogP contribution is 2.28. The topological polar surface area (TPSA) is 84.5 Å². The third kappa shape index (κ3) is 7.01. The van der Waals surface area contributed by atoms with E-state index >= 15 is 0 Å². The minimum absolute atomic E-state index is 0.0560. The van der Waals surface area contributed by atoms with E-state index in [1.165, 1.54) is 18.2 Å². The number of amides is 1. The number of halogens is 1. The first-order valence-corrected chi connectivity index (χ1v) is 14.1. The molecule has 2 N–H and O–H groups in total. The van der Waals surface area contributed by atoms with Gasteiger partial charge in [-0.2, -0.15) is 4.72 Å². The Labute approximate surface area is 228 Å². The molecule has 1 amide bonds. The normalized spacial score (nSPS) is 12.2. The van der Waals surface area contributed by atoms with E-state index < -0.39 is 28.0 Å². The van der Waals surface area contributed by atoms with Crippen molar-refractivity contribution >= 4 is 27.5 Å². The van der Waals surface area contributed by atoms with Crippen LogP contribution in [0.5, 0.6) is 5.75 Å². The number of nitrogens with one attached hydrogen (secondary N) is 2. The van der Waals surface area contributed by atoms with Gasteiger partial charge >= 0.3 is 0 Å². The lowest BCUT2D eigenvalue weighted by Gasteiger charge is -2.24. The SMILES string of the molecule is CCOc1ccc(S(=O)(=O)N[C@@H](Cc2ccccc2)C(=O)NC(c2ccccc2)c2ccccc2)cc1Cl. The minimum atomic E-state index is -4.09. The Morgan fingerprint density at radius 1 is 0.842 bits per heavy atom. The molecule has 0 radical (unpaired) electrons. The molecule has 0 unspecified atom stereocenters. The molecule has 0 aliphatic rings. The van der Waals surface area contributed by atoms with Crippen molar-refractivity contribution in [3.8, 4) is 5.75 Å². The Morgan fingerprint density at radius 3 is 1.92 bits per heavy atom. The Kier molecular flexibility index (Phi) is 9.18. The summed E-state index contributed by atoms with van der Waals surface area (Å²) in [6.07, 6.45) is 0.160. The monoisotopic (exact) mass is 548 g/mol. The standard InChI is InChI=1S/C30H29ClN2O4S/c1-2-37-28-19-18-25(21-26(28)31)38(35,36)33-27(20-22-12-6-3-7-13-22)30(34)32-29(23-14-8-4-9-15-23)24-16-10-5-11-17-24/h3-19,21,27,29,33H,2,20H2,1H3,(H,32,34)/t27-/m0/s1. The van der Waals surface area contributed by atoms with Gasteiger partial charge in [0.2, 0.25) is 15.9 Å². The molecular formula is C30H29ClN2O4S. The molecular weight excluding hydrogens is 520 g/mol. The van der Waals surface area contributed by atoms with E-state index in [-0.39, 0.29) is 16.3 Å². The van der Waals surface area contributed by atoms with Crippen molar-refractivity contribution in [1.29, 1.82) is 0 Å². The van der Waals surface area contributed by atoms with E-state index in [2.05, 4.69) is 10.0 Å². The molecule has 8 heteroatoms. The van der Waals surface area contributed by atoms with E-state index in [1.54, 1.807) is 0 Å². The van der Waals surface area contributed by atoms with Crippen molar-refractivity contribution < 1.29 is 17.9 Å². The number of carbonyl (C=O) groups excluding carboxylic acids is 1. The number of sulfonamides is 1. The first-order chi connectivity index (χ1) is 18.4. The van der Waals surface area contributed by atoms with Crippen LogP contribution in [-0.4, -0.2) is 27.0 Å². The highest BCUT2D eigenvalue weighted by molar-refractivity contribution is 7.89. The molecule has 0 saturated heterocycles. The third-order valence-electron chi connectivity index (χ3n) is 5.96. The highest BCUT2D eigenvalue weighted by atomic mass is 35.5. The van der Waals surface area contributed by atoms with Crippen LogP contribution in [-0.2, 0) is 21.2 Å². The summed E-state index contributed by atoms with van der Waals surface area (Å²) in [5.74, 6) is -0.0626. The van der Waals surface area contributed by atoms with E-state index in [4.69, 9.17) is 16.3 Å². The molecule has 0 saturated carbocycles. The minimum Gasteiger partial charge on any atom is -0.492 e. The Morgan fingerprint density at radius 2 is 1.39 bits per heavy atom. The van der Waals surface area contributed by atoms with Gasteiger partial charge in [0.25, 0.3) is 0 Å².